The summed E-state index contributed by atoms with van der Waals surface area (Å²) in [5.74, 6) is 0. The summed E-state index contributed by atoms with van der Waals surface area (Å²) >= 11 is 0. The summed E-state index contributed by atoms with van der Waals surface area (Å²) < 4.78 is 9.98. The molecule has 0 aliphatic heterocycles. The van der Waals surface area contributed by atoms with Gasteiger partial charge in [0.15, 0.2) is 6.39 Å². The van der Waals surface area contributed by atoms with Crippen LogP contribution in [0.1, 0.15) is 0 Å². The fourth-order valence-electron chi connectivity index (χ4n) is 1.06. The van der Waals surface area contributed by atoms with Crippen LogP contribution < -0.4 is 0 Å². The van der Waals surface area contributed by atoms with Crippen LogP contribution in [0.4, 0.5) is 0 Å². The molecule has 58 valence electrons. The number of aromatic nitrogens is 3. The molecule has 12 heavy (non-hydrogen) atoms. The second-order valence-corrected chi connectivity index (χ2v) is 2.32. The van der Waals surface area contributed by atoms with E-state index < -0.39 is 0 Å². The standard InChI is InChI=1S/C7H3N3O2/c1-2-11-6-4(1)9-5-7(10-6)12-3-8-5/h1-3H. The zero-order chi connectivity index (χ0) is 7.97. The van der Waals surface area contributed by atoms with E-state index in [1.165, 1.54) is 12.7 Å². The van der Waals surface area contributed by atoms with E-state index in [0.717, 1.165) is 0 Å². The lowest BCUT2D eigenvalue weighted by Gasteiger charge is -1.84. The minimum atomic E-state index is 0.400. The Morgan fingerprint density at radius 1 is 1.08 bits per heavy atom. The van der Waals surface area contributed by atoms with Crippen LogP contribution in [0.2, 0.25) is 0 Å². The molecule has 0 fully saturated rings. The first kappa shape index (κ1) is 5.70. The molecule has 5 heteroatoms. The van der Waals surface area contributed by atoms with Crippen molar-refractivity contribution in [2.24, 2.45) is 0 Å². The van der Waals surface area contributed by atoms with Crippen LogP contribution in [0.15, 0.2) is 27.6 Å². The van der Waals surface area contributed by atoms with Crippen molar-refractivity contribution >= 4 is 22.6 Å². The SMILES string of the molecule is c1cc2nc3ncoc3nc2o1. The van der Waals surface area contributed by atoms with Crippen molar-refractivity contribution in [3.8, 4) is 0 Å². The molecule has 3 aromatic rings. The predicted molar refractivity (Wildman–Crippen MR) is 39.4 cm³/mol. The first-order valence-corrected chi connectivity index (χ1v) is 3.38. The molecule has 0 radical (unpaired) electrons. The largest absolute Gasteiger partial charge is 0.445 e. The third kappa shape index (κ3) is 0.597. The predicted octanol–water partition coefficient (Wildman–Crippen LogP) is 1.36. The molecule has 0 aliphatic carbocycles. The van der Waals surface area contributed by atoms with Crippen LogP contribution in [0.5, 0.6) is 0 Å². The van der Waals surface area contributed by atoms with E-state index in [9.17, 15) is 0 Å². The maximum atomic E-state index is 5.03. The monoisotopic (exact) mass is 161 g/mol. The van der Waals surface area contributed by atoms with Gasteiger partial charge in [-0.25, -0.2) is 4.98 Å². The zero-order valence-corrected chi connectivity index (χ0v) is 5.89. The maximum Gasteiger partial charge on any atom is 0.269 e. The third-order valence-corrected chi connectivity index (χ3v) is 1.58. The van der Waals surface area contributed by atoms with Crippen LogP contribution in [0.25, 0.3) is 22.6 Å². The molecule has 0 amide bonds. The summed E-state index contributed by atoms with van der Waals surface area (Å²) in [4.78, 5) is 12.0. The Hall–Kier alpha value is -1.91. The lowest BCUT2D eigenvalue weighted by Crippen LogP contribution is -1.80. The fourth-order valence-corrected chi connectivity index (χ4v) is 1.06. The number of hydrogen-bond acceptors (Lipinski definition) is 5. The van der Waals surface area contributed by atoms with Crippen molar-refractivity contribution < 1.29 is 8.83 Å². The molecule has 3 rings (SSSR count). The van der Waals surface area contributed by atoms with Crippen LogP contribution in [-0.4, -0.2) is 15.0 Å². The summed E-state index contributed by atoms with van der Waals surface area (Å²) in [6.45, 7) is 0. The van der Waals surface area contributed by atoms with Gasteiger partial charge >= 0.3 is 0 Å². The topological polar surface area (TPSA) is 65.0 Å². The zero-order valence-electron chi connectivity index (χ0n) is 5.89. The van der Waals surface area contributed by atoms with Crippen molar-refractivity contribution in [2.45, 2.75) is 0 Å². The van der Waals surface area contributed by atoms with Gasteiger partial charge in [-0.15, -0.1) is 0 Å². The molecular formula is C7H3N3O2. The van der Waals surface area contributed by atoms with Gasteiger partial charge in [-0.3, -0.25) is 0 Å². The van der Waals surface area contributed by atoms with E-state index in [0.29, 0.717) is 22.6 Å². The summed E-state index contributed by atoms with van der Waals surface area (Å²) in [5.41, 5.74) is 2.07. The molecular weight excluding hydrogens is 158 g/mol. The molecule has 3 aromatic heterocycles. The highest BCUT2D eigenvalue weighted by molar-refractivity contribution is 5.77. The number of hydrogen-bond donors (Lipinski definition) is 0. The Kier molecular flexibility index (Phi) is 0.864. The Bertz CT molecular complexity index is 449. The molecule has 5 nitrogen and oxygen atoms in total. The van der Waals surface area contributed by atoms with Gasteiger partial charge in [-0.1, -0.05) is 0 Å². The highest BCUT2D eigenvalue weighted by Gasteiger charge is 2.05. The van der Waals surface area contributed by atoms with Crippen molar-refractivity contribution in [3.63, 3.8) is 0 Å². The molecule has 0 saturated carbocycles. The molecule has 3 heterocycles. The van der Waals surface area contributed by atoms with Gasteiger partial charge in [0.25, 0.3) is 5.71 Å². The molecule has 0 aliphatic rings. The molecule has 0 unspecified atom stereocenters. The number of oxazole rings is 1. The van der Waals surface area contributed by atoms with E-state index in [4.69, 9.17) is 8.83 Å². The van der Waals surface area contributed by atoms with Gasteiger partial charge in [0, 0.05) is 6.07 Å². The second kappa shape index (κ2) is 1.82. The minimum absolute atomic E-state index is 0.400. The van der Waals surface area contributed by atoms with Crippen molar-refractivity contribution in [2.75, 3.05) is 0 Å². The number of fused-ring (bicyclic) bond motifs is 2. The normalized spacial score (nSPS) is 11.3. The van der Waals surface area contributed by atoms with Gasteiger partial charge in [0.2, 0.25) is 11.4 Å². The Balaban J connectivity index is 2.62. The second-order valence-electron chi connectivity index (χ2n) is 2.32. The molecule has 0 atom stereocenters. The molecule has 0 saturated heterocycles. The highest BCUT2D eigenvalue weighted by atomic mass is 16.4. The smallest absolute Gasteiger partial charge is 0.269 e. The molecule has 0 bridgehead atoms. The van der Waals surface area contributed by atoms with Gasteiger partial charge in [-0.2, -0.15) is 9.97 Å². The van der Waals surface area contributed by atoms with Gasteiger partial charge < -0.3 is 8.83 Å². The van der Waals surface area contributed by atoms with Crippen LogP contribution in [-0.2, 0) is 0 Å². The van der Waals surface area contributed by atoms with Crippen molar-refractivity contribution in [1.29, 1.82) is 0 Å². The van der Waals surface area contributed by atoms with E-state index in [-0.39, 0.29) is 0 Å². The number of furan rings is 1. The molecule has 0 aromatic carbocycles. The molecule has 0 spiro atoms. The van der Waals surface area contributed by atoms with Crippen LogP contribution in [0.3, 0.4) is 0 Å². The quantitative estimate of drug-likeness (QED) is 0.498. The van der Waals surface area contributed by atoms with Crippen molar-refractivity contribution in [3.05, 3.63) is 18.7 Å². The van der Waals surface area contributed by atoms with E-state index in [1.807, 2.05) is 0 Å². The lowest BCUT2D eigenvalue weighted by atomic mass is 10.5. The number of nitrogens with zero attached hydrogens (tertiary/aromatic N) is 3. The summed E-state index contributed by atoms with van der Waals surface area (Å²) in [6.07, 6.45) is 2.84. The summed E-state index contributed by atoms with van der Waals surface area (Å²) in [7, 11) is 0. The van der Waals surface area contributed by atoms with Crippen LogP contribution >= 0.6 is 0 Å². The first-order chi connectivity index (χ1) is 5.93. The Labute approximate surface area is 66.0 Å². The third-order valence-electron chi connectivity index (χ3n) is 1.58. The minimum Gasteiger partial charge on any atom is -0.445 e. The van der Waals surface area contributed by atoms with E-state index in [1.54, 1.807) is 6.07 Å². The Morgan fingerprint density at radius 3 is 3.08 bits per heavy atom. The maximum absolute atomic E-state index is 5.03. The van der Waals surface area contributed by atoms with Gasteiger partial charge in [-0.05, 0) is 0 Å². The fraction of sp³-hybridized carbons (Fsp3) is 0. The average molecular weight is 161 g/mol. The summed E-state index contributed by atoms with van der Waals surface area (Å²) in [6, 6.07) is 1.73. The van der Waals surface area contributed by atoms with Gasteiger partial charge in [0.05, 0.1) is 6.26 Å². The Morgan fingerprint density at radius 2 is 2.08 bits per heavy atom. The average Bonchev–Trinajstić information content (AvgIpc) is 2.64. The highest BCUT2D eigenvalue weighted by Crippen LogP contribution is 2.14. The lowest BCUT2D eigenvalue weighted by molar-refractivity contribution is 0.576. The molecule has 0 N–H and O–H groups in total. The van der Waals surface area contributed by atoms with Crippen LogP contribution in [0, 0.1) is 0 Å². The van der Waals surface area contributed by atoms with Gasteiger partial charge in [0.1, 0.15) is 5.52 Å². The van der Waals surface area contributed by atoms with Crippen molar-refractivity contribution in [1.82, 2.24) is 15.0 Å². The number of rotatable bonds is 0. The first-order valence-electron chi connectivity index (χ1n) is 3.38. The van der Waals surface area contributed by atoms with E-state index in [2.05, 4.69) is 15.0 Å². The summed E-state index contributed by atoms with van der Waals surface area (Å²) in [5, 5.41) is 0. The van der Waals surface area contributed by atoms with E-state index >= 15 is 0 Å².